The molecule has 0 radical (unpaired) electrons. The molecular weight excluding hydrogens is 234 g/mol. The molecule has 2 atom stereocenters. The summed E-state index contributed by atoms with van der Waals surface area (Å²) >= 11 is 0. The number of carboxylic acids is 1. The lowest BCUT2D eigenvalue weighted by Gasteiger charge is -2.19. The molecule has 2 unspecified atom stereocenters. The van der Waals surface area contributed by atoms with Gasteiger partial charge in [-0.1, -0.05) is 6.07 Å². The normalized spacial score (nSPS) is 14.0. The van der Waals surface area contributed by atoms with Gasteiger partial charge in [0.05, 0.1) is 13.2 Å². The number of nitrogens with two attached hydrogens (primary N) is 1. The monoisotopic (exact) mass is 253 g/mol. The lowest BCUT2D eigenvalue weighted by atomic mass is 9.97. The predicted molar refractivity (Wildman–Crippen MR) is 67.5 cm³/mol. The summed E-state index contributed by atoms with van der Waals surface area (Å²) in [5.41, 5.74) is 7.35. The van der Waals surface area contributed by atoms with Crippen LogP contribution >= 0.6 is 0 Å². The second kappa shape index (κ2) is 6.37. The molecule has 0 fully saturated rings. The molecule has 0 spiro atoms. The quantitative estimate of drug-likeness (QED) is 0.709. The van der Waals surface area contributed by atoms with Gasteiger partial charge >= 0.3 is 5.97 Å². The Kier molecular flexibility index (Phi) is 5.12. The molecule has 0 heterocycles. The van der Waals surface area contributed by atoms with Crippen LogP contribution in [0.1, 0.15) is 30.1 Å². The first kappa shape index (κ1) is 14.5. The van der Waals surface area contributed by atoms with E-state index in [0.29, 0.717) is 5.56 Å². The molecule has 0 aliphatic heterocycles. The van der Waals surface area contributed by atoms with Crippen molar-refractivity contribution in [2.24, 2.45) is 5.73 Å². The van der Waals surface area contributed by atoms with E-state index in [0.717, 1.165) is 11.3 Å². The van der Waals surface area contributed by atoms with E-state index in [-0.39, 0.29) is 12.8 Å². The van der Waals surface area contributed by atoms with Gasteiger partial charge in [-0.2, -0.15) is 0 Å². The first-order valence-corrected chi connectivity index (χ1v) is 5.75. The second-order valence-corrected chi connectivity index (χ2v) is 4.27. The number of carboxylic acid groups (broad SMARTS) is 1. The van der Waals surface area contributed by atoms with E-state index in [1.165, 1.54) is 0 Å². The van der Waals surface area contributed by atoms with Crippen LogP contribution in [0.5, 0.6) is 5.75 Å². The highest BCUT2D eigenvalue weighted by Crippen LogP contribution is 2.24. The maximum absolute atomic E-state index is 10.4. The third-order valence-corrected chi connectivity index (χ3v) is 2.86. The third kappa shape index (κ3) is 3.72. The number of benzene rings is 1. The third-order valence-electron chi connectivity index (χ3n) is 2.86. The molecule has 1 aromatic rings. The fourth-order valence-electron chi connectivity index (χ4n) is 1.78. The van der Waals surface area contributed by atoms with E-state index in [4.69, 9.17) is 15.6 Å². The summed E-state index contributed by atoms with van der Waals surface area (Å²) in [6.45, 7) is 1.87. The summed E-state index contributed by atoms with van der Waals surface area (Å²) in [5.74, 6) is -0.173. The van der Waals surface area contributed by atoms with Crippen LogP contribution in [0.4, 0.5) is 0 Å². The molecule has 0 bridgehead atoms. The van der Waals surface area contributed by atoms with Crippen molar-refractivity contribution >= 4 is 5.97 Å². The lowest BCUT2D eigenvalue weighted by Crippen LogP contribution is -2.29. The summed E-state index contributed by atoms with van der Waals surface area (Å²) in [6, 6.07) is 4.70. The van der Waals surface area contributed by atoms with Crippen molar-refractivity contribution in [2.45, 2.75) is 31.9 Å². The fraction of sp³-hybridized carbons (Fsp3) is 0.462. The summed E-state index contributed by atoms with van der Waals surface area (Å²) in [6.07, 6.45) is -0.677. The molecular formula is C13H19NO4. The molecule has 1 rings (SSSR count). The molecule has 0 aliphatic carbocycles. The number of aryl methyl sites for hydroxylation is 1. The number of hydrogen-bond donors (Lipinski definition) is 3. The van der Waals surface area contributed by atoms with E-state index >= 15 is 0 Å². The lowest BCUT2D eigenvalue weighted by molar-refractivity contribution is -0.137. The maximum atomic E-state index is 10.4. The van der Waals surface area contributed by atoms with Crippen molar-refractivity contribution in [3.05, 3.63) is 29.3 Å². The van der Waals surface area contributed by atoms with Crippen LogP contribution in [0.15, 0.2) is 18.2 Å². The van der Waals surface area contributed by atoms with Gasteiger partial charge in [0.1, 0.15) is 5.75 Å². The van der Waals surface area contributed by atoms with Crippen LogP contribution in [0.3, 0.4) is 0 Å². The van der Waals surface area contributed by atoms with Crippen LogP contribution in [0, 0.1) is 6.92 Å². The van der Waals surface area contributed by atoms with Gasteiger partial charge in [-0.25, -0.2) is 0 Å². The Hall–Kier alpha value is -1.59. The number of hydrogen-bond acceptors (Lipinski definition) is 4. The molecule has 4 N–H and O–H groups in total. The molecule has 0 saturated carbocycles. The number of aliphatic carboxylic acids is 1. The zero-order chi connectivity index (χ0) is 13.7. The molecule has 0 aliphatic rings. The molecule has 5 nitrogen and oxygen atoms in total. The largest absolute Gasteiger partial charge is 0.496 e. The van der Waals surface area contributed by atoms with Crippen LogP contribution in [0.25, 0.3) is 0 Å². The first-order valence-electron chi connectivity index (χ1n) is 5.75. The highest BCUT2D eigenvalue weighted by molar-refractivity contribution is 5.66. The van der Waals surface area contributed by atoms with Crippen molar-refractivity contribution in [1.82, 2.24) is 0 Å². The number of methoxy groups -OCH3 is 1. The first-order chi connectivity index (χ1) is 8.45. The van der Waals surface area contributed by atoms with Crippen LogP contribution < -0.4 is 10.5 Å². The molecule has 0 saturated heterocycles. The second-order valence-electron chi connectivity index (χ2n) is 4.27. The standard InChI is InChI=1S/C13H19NO4/c1-8-7-9(3-5-11(8)18-2)13(17)10(14)4-6-12(15)16/h3,5,7,10,13,17H,4,6,14H2,1-2H3,(H,15,16). The Bertz CT molecular complexity index is 419. The number of carbonyl (C=O) groups is 1. The molecule has 0 aromatic heterocycles. The fourth-order valence-corrected chi connectivity index (χ4v) is 1.78. The van der Waals surface area contributed by atoms with E-state index in [2.05, 4.69) is 0 Å². The van der Waals surface area contributed by atoms with Crippen molar-refractivity contribution in [3.8, 4) is 5.75 Å². The number of ether oxygens (including phenoxy) is 1. The summed E-state index contributed by atoms with van der Waals surface area (Å²) in [5, 5.41) is 18.6. The zero-order valence-corrected chi connectivity index (χ0v) is 10.6. The van der Waals surface area contributed by atoms with Gasteiger partial charge in [-0.05, 0) is 36.6 Å². The number of rotatable bonds is 6. The van der Waals surface area contributed by atoms with E-state index in [1.54, 1.807) is 25.3 Å². The van der Waals surface area contributed by atoms with Crippen molar-refractivity contribution < 1.29 is 19.7 Å². The minimum atomic E-state index is -0.913. The maximum Gasteiger partial charge on any atom is 0.303 e. The Morgan fingerprint density at radius 2 is 2.17 bits per heavy atom. The van der Waals surface area contributed by atoms with Crippen LogP contribution in [-0.4, -0.2) is 29.3 Å². The van der Waals surface area contributed by atoms with Gasteiger partial charge in [0.25, 0.3) is 0 Å². The summed E-state index contributed by atoms with van der Waals surface area (Å²) in [4.78, 5) is 10.4. The molecule has 100 valence electrons. The molecule has 18 heavy (non-hydrogen) atoms. The van der Waals surface area contributed by atoms with E-state index < -0.39 is 18.1 Å². The molecule has 5 heteroatoms. The van der Waals surface area contributed by atoms with Gasteiger partial charge in [0.2, 0.25) is 0 Å². The number of aliphatic hydroxyl groups excluding tert-OH is 1. The summed E-state index contributed by atoms with van der Waals surface area (Å²) in [7, 11) is 1.58. The zero-order valence-electron chi connectivity index (χ0n) is 10.6. The minimum Gasteiger partial charge on any atom is -0.496 e. The van der Waals surface area contributed by atoms with Gasteiger partial charge in [0, 0.05) is 12.5 Å². The average Bonchev–Trinajstić information content (AvgIpc) is 2.34. The predicted octanol–water partition coefficient (Wildman–Crippen LogP) is 1.23. The summed E-state index contributed by atoms with van der Waals surface area (Å²) < 4.78 is 5.13. The van der Waals surface area contributed by atoms with Crippen molar-refractivity contribution in [3.63, 3.8) is 0 Å². The van der Waals surface area contributed by atoms with E-state index in [1.807, 2.05) is 6.92 Å². The van der Waals surface area contributed by atoms with Gasteiger partial charge < -0.3 is 20.7 Å². The van der Waals surface area contributed by atoms with E-state index in [9.17, 15) is 9.90 Å². The number of aliphatic hydroxyl groups is 1. The highest BCUT2D eigenvalue weighted by atomic mass is 16.5. The van der Waals surface area contributed by atoms with Crippen molar-refractivity contribution in [2.75, 3.05) is 7.11 Å². The smallest absolute Gasteiger partial charge is 0.303 e. The van der Waals surface area contributed by atoms with Gasteiger partial charge in [-0.15, -0.1) is 0 Å². The molecule has 1 aromatic carbocycles. The Morgan fingerprint density at radius 1 is 1.50 bits per heavy atom. The Labute approximate surface area is 106 Å². The van der Waals surface area contributed by atoms with Crippen molar-refractivity contribution in [1.29, 1.82) is 0 Å². The highest BCUT2D eigenvalue weighted by Gasteiger charge is 2.18. The molecule has 0 amide bonds. The minimum absolute atomic E-state index is 0.0483. The van der Waals surface area contributed by atoms with Gasteiger partial charge in [0.15, 0.2) is 0 Å². The topological polar surface area (TPSA) is 92.8 Å². The van der Waals surface area contributed by atoms with Crippen LogP contribution in [-0.2, 0) is 4.79 Å². The SMILES string of the molecule is COc1ccc(C(O)C(N)CCC(=O)O)cc1C. The van der Waals surface area contributed by atoms with Crippen LogP contribution in [0.2, 0.25) is 0 Å². The average molecular weight is 253 g/mol. The Balaban J connectivity index is 2.74. The van der Waals surface area contributed by atoms with Gasteiger partial charge in [-0.3, -0.25) is 4.79 Å². The Morgan fingerprint density at radius 3 is 2.67 bits per heavy atom.